The van der Waals surface area contributed by atoms with Gasteiger partial charge in [-0.05, 0) is 24.6 Å². The Balaban J connectivity index is 2.53. The second-order valence-electron chi connectivity index (χ2n) is 4.11. The van der Waals surface area contributed by atoms with Gasteiger partial charge >= 0.3 is 0 Å². The van der Waals surface area contributed by atoms with Crippen LogP contribution in [-0.2, 0) is 0 Å². The van der Waals surface area contributed by atoms with Crippen LogP contribution in [0, 0.1) is 0 Å². The van der Waals surface area contributed by atoms with Crippen molar-refractivity contribution >= 4 is 15.9 Å². The van der Waals surface area contributed by atoms with Crippen LogP contribution in [0.3, 0.4) is 0 Å². The van der Waals surface area contributed by atoms with Gasteiger partial charge in [0.25, 0.3) is 0 Å². The molecule has 0 aromatic heterocycles. The number of rotatable bonds is 0. The number of nitrogens with zero attached hydrogens (tertiary/aromatic N) is 1. The predicted octanol–water partition coefficient (Wildman–Crippen LogP) is 2.06. The zero-order valence-electron chi connectivity index (χ0n) is 9.08. The molecule has 0 bridgehead atoms. The largest absolute Gasteiger partial charge is 0.372 e. The SMILES string of the molecule is CN1CCNS(C)(C)c2ccccc21. The minimum atomic E-state index is -0.803. The number of nitrogens with one attached hydrogen (secondary N) is 1. The van der Waals surface area contributed by atoms with E-state index in [-0.39, 0.29) is 0 Å². The van der Waals surface area contributed by atoms with Gasteiger partial charge in [0.2, 0.25) is 0 Å². The van der Waals surface area contributed by atoms with Crippen LogP contribution >= 0.6 is 10.2 Å². The van der Waals surface area contributed by atoms with Gasteiger partial charge in [0, 0.05) is 30.7 Å². The first kappa shape index (κ1) is 9.87. The van der Waals surface area contributed by atoms with Crippen molar-refractivity contribution in [3.63, 3.8) is 0 Å². The number of fused-ring (bicyclic) bond motifs is 1. The minimum absolute atomic E-state index is 0.803. The number of benzene rings is 1. The number of likely N-dealkylation sites (N-methyl/N-ethyl adjacent to an activating group) is 1. The fraction of sp³-hybridized carbons (Fsp3) is 0.455. The van der Waals surface area contributed by atoms with Crippen molar-refractivity contribution in [2.75, 3.05) is 37.5 Å². The Morgan fingerprint density at radius 2 is 2.00 bits per heavy atom. The van der Waals surface area contributed by atoms with Gasteiger partial charge in [-0.15, -0.1) is 0 Å². The van der Waals surface area contributed by atoms with Crippen LogP contribution in [0.25, 0.3) is 0 Å². The molecule has 0 unspecified atom stereocenters. The standard InChI is InChI=1S/C11H18N2S/c1-13-9-8-12-14(2,3)11-7-5-4-6-10(11)13/h4-7,12H,8-9H2,1-3H3. The molecule has 1 aromatic rings. The molecular formula is C11H18N2S. The van der Waals surface area contributed by atoms with Gasteiger partial charge < -0.3 is 4.90 Å². The topological polar surface area (TPSA) is 15.3 Å². The number of para-hydroxylation sites is 1. The van der Waals surface area contributed by atoms with Crippen LogP contribution in [0.2, 0.25) is 0 Å². The first-order chi connectivity index (χ1) is 6.61. The lowest BCUT2D eigenvalue weighted by Gasteiger charge is -2.32. The van der Waals surface area contributed by atoms with Crippen molar-refractivity contribution in [2.45, 2.75) is 4.90 Å². The average molecular weight is 210 g/mol. The highest BCUT2D eigenvalue weighted by molar-refractivity contribution is 8.31. The molecule has 78 valence electrons. The first-order valence-corrected chi connectivity index (χ1v) is 7.34. The molecule has 0 fully saturated rings. The Hall–Kier alpha value is -0.670. The third-order valence-corrected chi connectivity index (χ3v) is 5.11. The van der Waals surface area contributed by atoms with Crippen LogP contribution in [0.1, 0.15) is 0 Å². The number of hydrogen-bond donors (Lipinski definition) is 1. The van der Waals surface area contributed by atoms with Crippen molar-refractivity contribution in [2.24, 2.45) is 0 Å². The molecule has 0 atom stereocenters. The second-order valence-corrected chi connectivity index (χ2v) is 7.49. The molecule has 3 heteroatoms. The molecule has 1 N–H and O–H groups in total. The van der Waals surface area contributed by atoms with Gasteiger partial charge in [-0.25, -0.2) is 0 Å². The van der Waals surface area contributed by atoms with E-state index in [2.05, 4.69) is 53.4 Å². The quantitative estimate of drug-likeness (QED) is 0.705. The van der Waals surface area contributed by atoms with E-state index in [1.54, 1.807) is 0 Å². The Morgan fingerprint density at radius 3 is 2.79 bits per heavy atom. The van der Waals surface area contributed by atoms with Crippen molar-refractivity contribution < 1.29 is 0 Å². The summed E-state index contributed by atoms with van der Waals surface area (Å²) < 4.78 is 3.65. The number of hydrogen-bond acceptors (Lipinski definition) is 2. The van der Waals surface area contributed by atoms with E-state index < -0.39 is 10.2 Å². The van der Waals surface area contributed by atoms with Crippen molar-refractivity contribution in [3.05, 3.63) is 24.3 Å². The monoisotopic (exact) mass is 210 g/mol. The second kappa shape index (κ2) is 3.48. The summed E-state index contributed by atoms with van der Waals surface area (Å²) in [6.07, 6.45) is 4.65. The van der Waals surface area contributed by atoms with E-state index in [0.717, 1.165) is 13.1 Å². The van der Waals surface area contributed by atoms with E-state index in [1.165, 1.54) is 10.6 Å². The molecular weight excluding hydrogens is 192 g/mol. The van der Waals surface area contributed by atoms with E-state index >= 15 is 0 Å². The van der Waals surface area contributed by atoms with E-state index in [4.69, 9.17) is 0 Å². The van der Waals surface area contributed by atoms with Gasteiger partial charge in [-0.1, -0.05) is 12.1 Å². The average Bonchev–Trinajstić information content (AvgIpc) is 2.27. The lowest BCUT2D eigenvalue weighted by Crippen LogP contribution is -2.25. The molecule has 0 spiro atoms. The molecule has 1 aliphatic rings. The third kappa shape index (κ3) is 1.62. The zero-order valence-corrected chi connectivity index (χ0v) is 9.90. The smallest absolute Gasteiger partial charge is 0.0498 e. The molecule has 1 aromatic carbocycles. The van der Waals surface area contributed by atoms with E-state index in [1.807, 2.05) is 0 Å². The van der Waals surface area contributed by atoms with Crippen LogP contribution in [0.15, 0.2) is 29.2 Å². The summed E-state index contributed by atoms with van der Waals surface area (Å²) in [6, 6.07) is 8.72. The first-order valence-electron chi connectivity index (χ1n) is 4.89. The summed E-state index contributed by atoms with van der Waals surface area (Å²) in [5.74, 6) is 0. The molecule has 0 radical (unpaired) electrons. The molecule has 0 amide bonds. The summed E-state index contributed by atoms with van der Waals surface area (Å²) in [5, 5.41) is 0. The van der Waals surface area contributed by atoms with Gasteiger partial charge in [0.05, 0.1) is 0 Å². The van der Waals surface area contributed by atoms with Gasteiger partial charge in [-0.3, -0.25) is 4.72 Å². The summed E-state index contributed by atoms with van der Waals surface area (Å²) in [4.78, 5) is 3.81. The molecule has 0 saturated carbocycles. The normalized spacial score (nSPS) is 22.4. The van der Waals surface area contributed by atoms with Crippen molar-refractivity contribution in [3.8, 4) is 0 Å². The Labute approximate surface area is 87.8 Å². The Kier molecular flexibility index (Phi) is 2.45. The fourth-order valence-electron chi connectivity index (χ4n) is 1.87. The number of anilines is 1. The van der Waals surface area contributed by atoms with Crippen LogP contribution < -0.4 is 9.62 Å². The lowest BCUT2D eigenvalue weighted by atomic mass is 10.3. The minimum Gasteiger partial charge on any atom is -0.372 e. The van der Waals surface area contributed by atoms with Crippen LogP contribution in [-0.4, -0.2) is 32.6 Å². The van der Waals surface area contributed by atoms with Crippen LogP contribution in [0.4, 0.5) is 5.69 Å². The highest BCUT2D eigenvalue weighted by Gasteiger charge is 2.22. The van der Waals surface area contributed by atoms with Crippen molar-refractivity contribution in [1.29, 1.82) is 0 Å². The maximum atomic E-state index is 3.65. The molecule has 2 nitrogen and oxygen atoms in total. The zero-order chi connectivity index (χ0) is 10.2. The molecule has 0 aliphatic carbocycles. The fourth-order valence-corrected chi connectivity index (χ4v) is 3.79. The highest BCUT2D eigenvalue weighted by atomic mass is 32.3. The highest BCUT2D eigenvalue weighted by Crippen LogP contribution is 2.50. The molecule has 2 rings (SSSR count). The summed E-state index contributed by atoms with van der Waals surface area (Å²) in [7, 11) is 1.36. The van der Waals surface area contributed by atoms with Gasteiger partial charge in [0.1, 0.15) is 0 Å². The summed E-state index contributed by atoms with van der Waals surface area (Å²) in [5.41, 5.74) is 1.39. The molecule has 14 heavy (non-hydrogen) atoms. The van der Waals surface area contributed by atoms with Gasteiger partial charge in [-0.2, -0.15) is 10.2 Å². The van der Waals surface area contributed by atoms with Gasteiger partial charge in [0.15, 0.2) is 0 Å². The lowest BCUT2D eigenvalue weighted by molar-refractivity contribution is 0.854. The Bertz CT molecular complexity index is 336. The summed E-state index contributed by atoms with van der Waals surface area (Å²) >= 11 is 0. The van der Waals surface area contributed by atoms with Crippen molar-refractivity contribution in [1.82, 2.24) is 4.72 Å². The maximum absolute atomic E-state index is 3.65. The third-order valence-electron chi connectivity index (χ3n) is 2.74. The van der Waals surface area contributed by atoms with E-state index in [0.29, 0.717) is 0 Å². The summed E-state index contributed by atoms with van der Waals surface area (Å²) in [6.45, 7) is 2.17. The molecule has 1 heterocycles. The maximum Gasteiger partial charge on any atom is 0.0498 e. The van der Waals surface area contributed by atoms with E-state index in [9.17, 15) is 0 Å². The molecule has 1 aliphatic heterocycles. The predicted molar refractivity (Wildman–Crippen MR) is 65.4 cm³/mol. The Morgan fingerprint density at radius 1 is 1.29 bits per heavy atom. The molecule has 0 saturated heterocycles. The van der Waals surface area contributed by atoms with Crippen LogP contribution in [0.5, 0.6) is 0 Å².